The molecular weight excluding hydrogens is 493 g/mol. The normalized spacial score (nSPS) is 15.0. The van der Waals surface area contributed by atoms with Crippen molar-refractivity contribution in [2.45, 2.75) is 57.0 Å². The van der Waals surface area contributed by atoms with Crippen molar-refractivity contribution >= 4 is 27.2 Å². The number of halogens is 3. The van der Waals surface area contributed by atoms with Gasteiger partial charge in [0.1, 0.15) is 17.7 Å². The minimum Gasteiger partial charge on any atom is -0.375 e. The van der Waals surface area contributed by atoms with Gasteiger partial charge < -0.3 is 16.2 Å². The monoisotopic (exact) mass is 520 g/mol. The van der Waals surface area contributed by atoms with E-state index in [9.17, 15) is 26.7 Å². The number of aliphatic hydroxyl groups excluding tert-OH is 1. The molecule has 0 amide bonds. The molecule has 1 atom stereocenters. The summed E-state index contributed by atoms with van der Waals surface area (Å²) in [5.74, 6) is -0.104. The third kappa shape index (κ3) is 4.65. The molecule has 2 aromatic carbocycles. The number of rotatable bonds is 3. The molecule has 7 nitrogen and oxygen atoms in total. The van der Waals surface area contributed by atoms with Crippen molar-refractivity contribution in [2.24, 2.45) is 5.73 Å². The van der Waals surface area contributed by atoms with Crippen LogP contribution in [0.25, 0.3) is 0 Å². The summed E-state index contributed by atoms with van der Waals surface area (Å²) in [4.78, 5) is 3.74. The first kappa shape index (κ1) is 25.9. The summed E-state index contributed by atoms with van der Waals surface area (Å²) in [5, 5.41) is 12.9. The maximum Gasteiger partial charge on any atom is 0.433 e. The lowest BCUT2D eigenvalue weighted by Crippen LogP contribution is -2.31. The molecule has 0 radical (unpaired) electrons. The van der Waals surface area contributed by atoms with E-state index < -0.39 is 28.1 Å². The van der Waals surface area contributed by atoms with Gasteiger partial charge in [-0.2, -0.15) is 13.2 Å². The zero-order chi connectivity index (χ0) is 26.6. The zero-order valence-corrected chi connectivity index (χ0v) is 21.0. The molecule has 36 heavy (non-hydrogen) atoms. The van der Waals surface area contributed by atoms with E-state index in [0.717, 1.165) is 15.9 Å². The van der Waals surface area contributed by atoms with Gasteiger partial charge in [0, 0.05) is 11.1 Å². The van der Waals surface area contributed by atoms with E-state index in [1.54, 1.807) is 19.1 Å². The first-order valence-corrected chi connectivity index (χ1v) is 12.6. The van der Waals surface area contributed by atoms with Crippen LogP contribution in [0, 0.1) is 6.92 Å². The molecule has 11 heteroatoms. The van der Waals surface area contributed by atoms with Crippen LogP contribution in [0.1, 0.15) is 54.9 Å². The Labute approximate surface area is 207 Å². The highest BCUT2D eigenvalue weighted by molar-refractivity contribution is 7.92. The number of fused-ring (bicyclic) bond motifs is 2. The van der Waals surface area contributed by atoms with Crippen molar-refractivity contribution in [3.05, 3.63) is 76.5 Å². The number of hydrogen-bond acceptors (Lipinski definition) is 6. The van der Waals surface area contributed by atoms with Crippen LogP contribution in [0.4, 0.5) is 30.4 Å². The molecule has 0 fully saturated rings. The van der Waals surface area contributed by atoms with E-state index in [2.05, 4.69) is 10.3 Å². The van der Waals surface area contributed by atoms with E-state index >= 15 is 0 Å². The molecule has 1 unspecified atom stereocenters. The maximum atomic E-state index is 13.9. The highest BCUT2D eigenvalue weighted by Gasteiger charge is 2.36. The largest absolute Gasteiger partial charge is 0.433 e. The Hall–Kier alpha value is -3.15. The van der Waals surface area contributed by atoms with Crippen molar-refractivity contribution in [3.63, 3.8) is 0 Å². The number of pyridine rings is 1. The van der Waals surface area contributed by atoms with Gasteiger partial charge in [-0.05, 0) is 47.7 Å². The standard InChI is InChI=1S/C25H27F3N4O3S/c1-14-18(22(29)33)10-11-19-21(14)32(13-15-5-12-20(25(26,27)28)31-23(15)30-19)36(34,35)17-8-6-16(7-9-17)24(2,3)4/h5-12,22,33H,13,29H2,1-4H3,(H,30,31). The number of anilines is 3. The van der Waals surface area contributed by atoms with Crippen LogP contribution in [-0.2, 0) is 28.2 Å². The third-order valence-corrected chi connectivity index (χ3v) is 7.95. The maximum absolute atomic E-state index is 13.9. The zero-order valence-electron chi connectivity index (χ0n) is 20.2. The van der Waals surface area contributed by atoms with Gasteiger partial charge in [0.25, 0.3) is 10.0 Å². The lowest BCUT2D eigenvalue weighted by atomic mass is 9.87. The lowest BCUT2D eigenvalue weighted by molar-refractivity contribution is -0.141. The predicted octanol–water partition coefficient (Wildman–Crippen LogP) is 5.11. The summed E-state index contributed by atoms with van der Waals surface area (Å²) in [6, 6.07) is 11.5. The van der Waals surface area contributed by atoms with Crippen molar-refractivity contribution in [1.82, 2.24) is 4.98 Å². The highest BCUT2D eigenvalue weighted by atomic mass is 32.2. The van der Waals surface area contributed by atoms with E-state index in [0.29, 0.717) is 5.56 Å². The molecule has 0 spiro atoms. The van der Waals surface area contributed by atoms with Crippen LogP contribution in [0.15, 0.2) is 53.4 Å². The van der Waals surface area contributed by atoms with E-state index in [1.807, 2.05) is 20.8 Å². The average molecular weight is 521 g/mol. The number of aromatic nitrogens is 1. The second kappa shape index (κ2) is 8.75. The van der Waals surface area contributed by atoms with Gasteiger partial charge in [0.05, 0.1) is 22.8 Å². The van der Waals surface area contributed by atoms with E-state index in [1.165, 1.54) is 30.3 Å². The fraction of sp³-hybridized carbons (Fsp3) is 0.320. The van der Waals surface area contributed by atoms with Crippen LogP contribution < -0.4 is 15.4 Å². The second-order valence-electron chi connectivity index (χ2n) is 9.73. The molecule has 1 aromatic heterocycles. The summed E-state index contributed by atoms with van der Waals surface area (Å²) in [6.07, 6.45) is -6.05. The van der Waals surface area contributed by atoms with Crippen molar-refractivity contribution in [3.8, 4) is 0 Å². The Morgan fingerprint density at radius 3 is 2.25 bits per heavy atom. The number of nitrogens with one attached hydrogen (secondary N) is 1. The molecule has 0 saturated carbocycles. The molecule has 0 saturated heterocycles. The molecule has 3 aromatic rings. The fourth-order valence-electron chi connectivity index (χ4n) is 4.16. The van der Waals surface area contributed by atoms with Gasteiger partial charge in [-0.15, -0.1) is 0 Å². The number of alkyl halides is 3. The molecule has 0 aliphatic carbocycles. The number of aliphatic hydroxyl groups is 1. The van der Waals surface area contributed by atoms with E-state index in [-0.39, 0.29) is 45.2 Å². The minimum atomic E-state index is -4.67. The molecule has 4 rings (SSSR count). The van der Waals surface area contributed by atoms with Crippen LogP contribution in [0.5, 0.6) is 0 Å². The van der Waals surface area contributed by atoms with Crippen LogP contribution in [0.2, 0.25) is 0 Å². The first-order valence-electron chi connectivity index (χ1n) is 11.2. The quantitative estimate of drug-likeness (QED) is 0.414. The van der Waals surface area contributed by atoms with Gasteiger partial charge in [-0.3, -0.25) is 4.31 Å². The summed E-state index contributed by atoms with van der Waals surface area (Å²) >= 11 is 0. The Balaban J connectivity index is 1.92. The van der Waals surface area contributed by atoms with Gasteiger partial charge in [0.15, 0.2) is 0 Å². The summed E-state index contributed by atoms with van der Waals surface area (Å²) in [7, 11) is -4.19. The molecular formula is C25H27F3N4O3S. The molecule has 1 aliphatic heterocycles. The fourth-order valence-corrected chi connectivity index (χ4v) is 5.68. The molecule has 192 valence electrons. The summed E-state index contributed by atoms with van der Waals surface area (Å²) in [5.41, 5.74) is 6.64. The van der Waals surface area contributed by atoms with Gasteiger partial charge >= 0.3 is 6.18 Å². The number of hydrogen-bond donors (Lipinski definition) is 3. The molecule has 4 N–H and O–H groups in total. The molecule has 0 bridgehead atoms. The Morgan fingerprint density at radius 2 is 1.69 bits per heavy atom. The predicted molar refractivity (Wildman–Crippen MR) is 131 cm³/mol. The SMILES string of the molecule is Cc1c(C(N)O)ccc2c1N(S(=O)(=O)c1ccc(C(C)(C)C)cc1)Cc1ccc(C(F)(F)F)nc1N2. The Morgan fingerprint density at radius 1 is 1.06 bits per heavy atom. The van der Waals surface area contributed by atoms with Gasteiger partial charge in [0.2, 0.25) is 0 Å². The number of benzene rings is 2. The van der Waals surface area contributed by atoms with Crippen LogP contribution in [0.3, 0.4) is 0 Å². The average Bonchev–Trinajstić information content (AvgIpc) is 2.95. The van der Waals surface area contributed by atoms with Crippen molar-refractivity contribution < 1.29 is 26.7 Å². The first-order chi connectivity index (χ1) is 16.6. The number of sulfonamides is 1. The van der Waals surface area contributed by atoms with Crippen LogP contribution >= 0.6 is 0 Å². The lowest BCUT2D eigenvalue weighted by Gasteiger charge is -2.28. The molecule has 1 aliphatic rings. The van der Waals surface area contributed by atoms with Crippen LogP contribution in [-0.4, -0.2) is 18.5 Å². The van der Waals surface area contributed by atoms with E-state index in [4.69, 9.17) is 5.73 Å². The van der Waals surface area contributed by atoms with Crippen molar-refractivity contribution in [1.29, 1.82) is 0 Å². The third-order valence-electron chi connectivity index (χ3n) is 6.19. The summed E-state index contributed by atoms with van der Waals surface area (Å²) < 4.78 is 69.0. The van der Waals surface area contributed by atoms with Gasteiger partial charge in [-0.1, -0.05) is 45.0 Å². The Bertz CT molecular complexity index is 1410. The summed E-state index contributed by atoms with van der Waals surface area (Å²) in [6.45, 7) is 7.34. The van der Waals surface area contributed by atoms with Crippen molar-refractivity contribution in [2.75, 3.05) is 9.62 Å². The minimum absolute atomic E-state index is 0.0165. The van der Waals surface area contributed by atoms with Gasteiger partial charge in [-0.25, -0.2) is 13.4 Å². The number of nitrogens with two attached hydrogens (primary N) is 1. The second-order valence-corrected chi connectivity index (χ2v) is 11.6. The highest BCUT2D eigenvalue weighted by Crippen LogP contribution is 2.43. The topological polar surface area (TPSA) is 109 Å². The molecule has 2 heterocycles. The smallest absolute Gasteiger partial charge is 0.375 e. The Kier molecular flexibility index (Phi) is 6.30. The number of nitrogens with zero attached hydrogens (tertiary/aromatic N) is 2.